The molecule has 106 valence electrons. The molecule has 0 spiro atoms. The monoisotopic (exact) mass is 350 g/mol. The third-order valence-corrected chi connectivity index (χ3v) is 5.33. The zero-order valence-electron chi connectivity index (χ0n) is 11.5. The van der Waals surface area contributed by atoms with Crippen LogP contribution in [0.5, 0.6) is 0 Å². The van der Waals surface area contributed by atoms with Crippen molar-refractivity contribution in [2.75, 3.05) is 26.2 Å². The predicted molar refractivity (Wildman–Crippen MR) is 89.0 cm³/mol. The van der Waals surface area contributed by atoms with Crippen molar-refractivity contribution in [1.29, 1.82) is 0 Å². The molecule has 1 aliphatic heterocycles. The lowest BCUT2D eigenvalue weighted by Gasteiger charge is -2.34. The Morgan fingerprint density at radius 1 is 0.850 bits per heavy atom. The Morgan fingerprint density at radius 2 is 1.50 bits per heavy atom. The lowest BCUT2D eigenvalue weighted by Crippen LogP contribution is -2.45. The highest BCUT2D eigenvalue weighted by Crippen LogP contribution is 2.23. The van der Waals surface area contributed by atoms with Gasteiger partial charge < -0.3 is 0 Å². The maximum absolute atomic E-state index is 3.54. The largest absolute Gasteiger partial charge is 0.297 e. The van der Waals surface area contributed by atoms with Gasteiger partial charge in [-0.15, -0.1) is 11.3 Å². The van der Waals surface area contributed by atoms with Crippen LogP contribution in [0, 0.1) is 0 Å². The average Bonchev–Trinajstić information content (AvgIpc) is 2.88. The lowest BCUT2D eigenvalue weighted by molar-refractivity contribution is 0.123. The number of nitrogens with zero attached hydrogens (tertiary/aromatic N) is 2. The molecular weight excluding hydrogens is 332 g/mol. The molecule has 0 amide bonds. The first kappa shape index (κ1) is 14.3. The van der Waals surface area contributed by atoms with E-state index in [1.54, 1.807) is 0 Å². The maximum Gasteiger partial charge on any atom is 0.0701 e. The quantitative estimate of drug-likeness (QED) is 0.826. The Kier molecular flexibility index (Phi) is 4.89. The Morgan fingerprint density at radius 3 is 2.10 bits per heavy atom. The first-order valence-corrected chi connectivity index (χ1v) is 8.63. The fraction of sp³-hybridized carbons (Fsp3) is 0.375. The fourth-order valence-corrected chi connectivity index (χ4v) is 4.13. The summed E-state index contributed by atoms with van der Waals surface area (Å²) in [6.45, 7) is 6.85. The molecule has 1 aromatic heterocycles. The van der Waals surface area contributed by atoms with E-state index in [1.165, 1.54) is 40.4 Å². The van der Waals surface area contributed by atoms with Crippen LogP contribution in [-0.2, 0) is 13.1 Å². The van der Waals surface area contributed by atoms with Gasteiger partial charge in [0.25, 0.3) is 0 Å². The Balaban J connectivity index is 1.47. The van der Waals surface area contributed by atoms with Gasteiger partial charge in [0.15, 0.2) is 0 Å². The van der Waals surface area contributed by atoms with E-state index in [-0.39, 0.29) is 0 Å². The molecule has 0 N–H and O–H groups in total. The highest BCUT2D eigenvalue weighted by atomic mass is 79.9. The number of thiophene rings is 1. The van der Waals surface area contributed by atoms with Gasteiger partial charge in [-0.1, -0.05) is 30.3 Å². The highest BCUT2D eigenvalue weighted by Gasteiger charge is 2.17. The Labute approximate surface area is 133 Å². The fourth-order valence-electron chi connectivity index (χ4n) is 2.60. The van der Waals surface area contributed by atoms with Crippen molar-refractivity contribution in [1.82, 2.24) is 9.80 Å². The van der Waals surface area contributed by atoms with Crippen LogP contribution in [0.3, 0.4) is 0 Å². The zero-order chi connectivity index (χ0) is 13.8. The van der Waals surface area contributed by atoms with E-state index in [2.05, 4.69) is 68.2 Å². The van der Waals surface area contributed by atoms with Gasteiger partial charge in [0.05, 0.1) is 3.79 Å². The Bertz CT molecular complexity index is 532. The summed E-state index contributed by atoms with van der Waals surface area (Å²) in [6.07, 6.45) is 0. The highest BCUT2D eigenvalue weighted by molar-refractivity contribution is 9.11. The van der Waals surface area contributed by atoms with Crippen LogP contribution in [-0.4, -0.2) is 36.0 Å². The summed E-state index contributed by atoms with van der Waals surface area (Å²) >= 11 is 5.38. The second-order valence-electron chi connectivity index (χ2n) is 5.24. The molecule has 0 unspecified atom stereocenters. The van der Waals surface area contributed by atoms with E-state index in [0.717, 1.165) is 13.1 Å². The molecule has 20 heavy (non-hydrogen) atoms. The molecule has 0 aliphatic carbocycles. The topological polar surface area (TPSA) is 6.48 Å². The summed E-state index contributed by atoms with van der Waals surface area (Å²) in [5, 5.41) is 0. The maximum atomic E-state index is 3.54. The molecule has 0 radical (unpaired) electrons. The van der Waals surface area contributed by atoms with Gasteiger partial charge >= 0.3 is 0 Å². The second kappa shape index (κ2) is 6.85. The van der Waals surface area contributed by atoms with E-state index < -0.39 is 0 Å². The molecule has 4 heteroatoms. The first-order chi connectivity index (χ1) is 9.79. The molecule has 0 atom stereocenters. The third-order valence-electron chi connectivity index (χ3n) is 3.72. The second-order valence-corrected chi connectivity index (χ2v) is 7.79. The van der Waals surface area contributed by atoms with Crippen LogP contribution < -0.4 is 0 Å². The van der Waals surface area contributed by atoms with Crippen LogP contribution in [0.4, 0.5) is 0 Å². The van der Waals surface area contributed by atoms with Gasteiger partial charge in [0, 0.05) is 44.1 Å². The van der Waals surface area contributed by atoms with Crippen LogP contribution in [0.2, 0.25) is 0 Å². The first-order valence-electron chi connectivity index (χ1n) is 7.02. The van der Waals surface area contributed by atoms with Gasteiger partial charge in [-0.05, 0) is 33.6 Å². The predicted octanol–water partition coefficient (Wildman–Crippen LogP) is 3.83. The molecule has 2 nitrogen and oxygen atoms in total. The van der Waals surface area contributed by atoms with Gasteiger partial charge in [0.2, 0.25) is 0 Å². The van der Waals surface area contributed by atoms with Crippen molar-refractivity contribution in [3.05, 3.63) is 56.7 Å². The molecule has 1 saturated heterocycles. The SMILES string of the molecule is Brc1ccc(CN2CCN(Cc3ccccc3)CC2)s1. The van der Waals surface area contributed by atoms with Gasteiger partial charge in [-0.2, -0.15) is 0 Å². The summed E-state index contributed by atoms with van der Waals surface area (Å²) in [5.74, 6) is 0. The van der Waals surface area contributed by atoms with Crippen molar-refractivity contribution in [3.63, 3.8) is 0 Å². The van der Waals surface area contributed by atoms with E-state index in [1.807, 2.05) is 11.3 Å². The van der Waals surface area contributed by atoms with Crippen LogP contribution in [0.1, 0.15) is 10.4 Å². The van der Waals surface area contributed by atoms with Crippen LogP contribution >= 0.6 is 27.3 Å². The number of piperazine rings is 1. The molecule has 0 saturated carbocycles. The molecule has 1 fully saturated rings. The van der Waals surface area contributed by atoms with Gasteiger partial charge in [-0.25, -0.2) is 0 Å². The van der Waals surface area contributed by atoms with Crippen molar-refractivity contribution < 1.29 is 0 Å². The summed E-state index contributed by atoms with van der Waals surface area (Å²) in [6, 6.07) is 15.1. The number of benzene rings is 1. The summed E-state index contributed by atoms with van der Waals surface area (Å²) in [7, 11) is 0. The van der Waals surface area contributed by atoms with E-state index >= 15 is 0 Å². The number of halogens is 1. The molecule has 0 bridgehead atoms. The lowest BCUT2D eigenvalue weighted by atomic mass is 10.2. The number of hydrogen-bond donors (Lipinski definition) is 0. The van der Waals surface area contributed by atoms with E-state index in [4.69, 9.17) is 0 Å². The average molecular weight is 351 g/mol. The standard InChI is InChI=1S/C16H19BrN2S/c17-16-7-6-15(20-16)13-19-10-8-18(9-11-19)12-14-4-2-1-3-5-14/h1-7H,8-13H2. The summed E-state index contributed by atoms with van der Waals surface area (Å²) < 4.78 is 1.23. The van der Waals surface area contributed by atoms with E-state index in [9.17, 15) is 0 Å². The minimum absolute atomic E-state index is 1.08. The normalized spacial score (nSPS) is 17.4. The van der Waals surface area contributed by atoms with Crippen molar-refractivity contribution >= 4 is 27.3 Å². The summed E-state index contributed by atoms with van der Waals surface area (Å²) in [4.78, 5) is 6.56. The van der Waals surface area contributed by atoms with Crippen molar-refractivity contribution in [3.8, 4) is 0 Å². The number of hydrogen-bond acceptors (Lipinski definition) is 3. The minimum atomic E-state index is 1.08. The van der Waals surface area contributed by atoms with Crippen molar-refractivity contribution in [2.24, 2.45) is 0 Å². The molecule has 2 heterocycles. The minimum Gasteiger partial charge on any atom is -0.297 e. The van der Waals surface area contributed by atoms with Crippen LogP contribution in [0.25, 0.3) is 0 Å². The van der Waals surface area contributed by atoms with Crippen molar-refractivity contribution in [2.45, 2.75) is 13.1 Å². The molecule has 1 aliphatic rings. The molecule has 2 aromatic rings. The number of rotatable bonds is 4. The summed E-state index contributed by atoms with van der Waals surface area (Å²) in [5.41, 5.74) is 1.42. The molecular formula is C16H19BrN2S. The third kappa shape index (κ3) is 3.92. The van der Waals surface area contributed by atoms with Gasteiger partial charge in [0.1, 0.15) is 0 Å². The Hall–Kier alpha value is -0.680. The van der Waals surface area contributed by atoms with E-state index in [0.29, 0.717) is 0 Å². The zero-order valence-corrected chi connectivity index (χ0v) is 13.9. The molecule has 1 aromatic carbocycles. The van der Waals surface area contributed by atoms with Crippen LogP contribution in [0.15, 0.2) is 46.3 Å². The van der Waals surface area contributed by atoms with Gasteiger partial charge in [-0.3, -0.25) is 9.80 Å². The molecule has 3 rings (SSSR count). The smallest absolute Gasteiger partial charge is 0.0701 e.